The van der Waals surface area contributed by atoms with Gasteiger partial charge in [-0.1, -0.05) is 13.0 Å². The molecule has 2 aliphatic heterocycles. The van der Waals surface area contributed by atoms with E-state index in [4.69, 9.17) is 14.7 Å². The van der Waals surface area contributed by atoms with Crippen LogP contribution in [0.4, 0.5) is 28.4 Å². The number of likely N-dealkylation sites (tertiary alicyclic amines) is 1. The van der Waals surface area contributed by atoms with Crippen LogP contribution in [-0.4, -0.2) is 71.8 Å². The third-order valence-electron chi connectivity index (χ3n) is 7.19. The molecule has 4 atom stereocenters. The number of aromatic nitrogens is 1. The average Bonchev–Trinajstić information content (AvgIpc) is 3.23. The number of nitriles is 1. The van der Waals surface area contributed by atoms with Gasteiger partial charge in [0.25, 0.3) is 5.92 Å². The highest BCUT2D eigenvalue weighted by Crippen LogP contribution is 2.48. The molecule has 0 spiro atoms. The fraction of sp³-hybridized carbons (Fsp3) is 0.500. The van der Waals surface area contributed by atoms with Crippen molar-refractivity contribution in [2.45, 2.75) is 51.7 Å². The Bertz CT molecular complexity index is 1390. The van der Waals surface area contributed by atoms with E-state index < -0.39 is 47.8 Å². The van der Waals surface area contributed by atoms with Gasteiger partial charge in [0, 0.05) is 43.0 Å². The molecular formula is C30H34F3N5O5. The Kier molecular flexibility index (Phi) is 9.18. The number of anilines is 1. The number of alkyl halides is 2. The summed E-state index contributed by atoms with van der Waals surface area (Å²) in [6.07, 6.45) is 0.947. The van der Waals surface area contributed by atoms with Crippen LogP contribution in [0.5, 0.6) is 0 Å². The summed E-state index contributed by atoms with van der Waals surface area (Å²) in [7, 11) is 0. The number of benzene rings is 1. The van der Waals surface area contributed by atoms with Gasteiger partial charge in [-0.15, -0.1) is 0 Å². The molecule has 3 heterocycles. The largest absolute Gasteiger partial charge is 0.444 e. The number of carbonyl (C=O) groups excluding carboxylic acids is 3. The van der Waals surface area contributed by atoms with Crippen molar-refractivity contribution in [3.63, 3.8) is 0 Å². The fourth-order valence-electron chi connectivity index (χ4n) is 4.71. The zero-order valence-corrected chi connectivity index (χ0v) is 24.4. The van der Waals surface area contributed by atoms with Crippen molar-refractivity contribution in [2.75, 3.05) is 31.1 Å². The highest BCUT2D eigenvalue weighted by Gasteiger charge is 2.61. The first kappa shape index (κ1) is 31.6. The summed E-state index contributed by atoms with van der Waals surface area (Å²) in [4.78, 5) is 42.2. The topological polar surface area (TPSA) is 125 Å². The van der Waals surface area contributed by atoms with Crippen LogP contribution in [0.1, 0.15) is 34.1 Å². The molecule has 1 aromatic heterocycles. The molecule has 3 unspecified atom stereocenters. The second-order valence-corrected chi connectivity index (χ2v) is 11.9. The van der Waals surface area contributed by atoms with E-state index in [2.05, 4.69) is 16.4 Å². The molecule has 3 fully saturated rings. The highest BCUT2D eigenvalue weighted by atomic mass is 19.3. The van der Waals surface area contributed by atoms with Crippen LogP contribution in [0.2, 0.25) is 0 Å². The van der Waals surface area contributed by atoms with Gasteiger partial charge in [-0.25, -0.2) is 22.8 Å². The normalized spacial score (nSPS) is 23.9. The molecule has 0 radical (unpaired) electrons. The Morgan fingerprint density at radius 1 is 1.23 bits per heavy atom. The Morgan fingerprint density at radius 3 is 2.51 bits per heavy atom. The third kappa shape index (κ3) is 7.94. The van der Waals surface area contributed by atoms with Crippen LogP contribution >= 0.6 is 0 Å². The lowest BCUT2D eigenvalue weighted by atomic mass is 10.0. The van der Waals surface area contributed by atoms with Gasteiger partial charge < -0.3 is 19.7 Å². The van der Waals surface area contributed by atoms with E-state index in [1.165, 1.54) is 17.2 Å². The molecule has 2 saturated heterocycles. The molecule has 1 N–H and O–H groups in total. The molecular weight excluding hydrogens is 567 g/mol. The quantitative estimate of drug-likeness (QED) is 0.512. The number of halogens is 3. The van der Waals surface area contributed by atoms with Crippen molar-refractivity contribution in [1.82, 2.24) is 15.2 Å². The lowest BCUT2D eigenvalue weighted by Crippen LogP contribution is -2.36. The minimum atomic E-state index is -2.95. The van der Waals surface area contributed by atoms with E-state index >= 15 is 0 Å². The SMILES string of the molecule is C[C@@H]1CN(C(=O)OC(C)(C)C)CC1C#N.O=C(NCC1CN(c2ccc(-c3cccnc3)c(F)c2)C(=O)O1)C1CC1(F)F. The molecule has 3 aliphatic rings. The molecule has 0 bridgehead atoms. The summed E-state index contributed by atoms with van der Waals surface area (Å²) in [5, 5.41) is 11.2. The molecule has 43 heavy (non-hydrogen) atoms. The van der Waals surface area contributed by atoms with E-state index in [0.29, 0.717) is 29.9 Å². The first-order chi connectivity index (χ1) is 20.2. The number of cyclic esters (lactones) is 1. The van der Waals surface area contributed by atoms with Crippen molar-refractivity contribution in [3.05, 3.63) is 48.5 Å². The molecule has 3 amide bonds. The molecule has 1 aromatic carbocycles. The van der Waals surface area contributed by atoms with Gasteiger partial charge in [0.15, 0.2) is 0 Å². The summed E-state index contributed by atoms with van der Waals surface area (Å²) < 4.78 is 50.7. The van der Waals surface area contributed by atoms with Gasteiger partial charge in [0.1, 0.15) is 23.4 Å². The summed E-state index contributed by atoms with van der Waals surface area (Å²) in [6.45, 7) is 8.61. The van der Waals surface area contributed by atoms with Gasteiger partial charge >= 0.3 is 12.2 Å². The summed E-state index contributed by atoms with van der Waals surface area (Å²) in [6, 6.07) is 9.96. The van der Waals surface area contributed by atoms with Crippen LogP contribution in [-0.2, 0) is 14.3 Å². The number of ether oxygens (including phenoxy) is 2. The van der Waals surface area contributed by atoms with Gasteiger partial charge in [0.05, 0.1) is 30.8 Å². The molecule has 230 valence electrons. The monoisotopic (exact) mass is 601 g/mol. The van der Waals surface area contributed by atoms with Crippen LogP contribution in [0, 0.1) is 34.9 Å². The highest BCUT2D eigenvalue weighted by molar-refractivity contribution is 5.90. The maximum Gasteiger partial charge on any atom is 0.414 e. The van der Waals surface area contributed by atoms with Crippen molar-refractivity contribution in [1.29, 1.82) is 5.26 Å². The zero-order valence-electron chi connectivity index (χ0n) is 24.4. The Hall–Kier alpha value is -4.34. The van der Waals surface area contributed by atoms with Crippen LogP contribution < -0.4 is 10.2 Å². The lowest BCUT2D eigenvalue weighted by molar-refractivity contribution is -0.124. The van der Waals surface area contributed by atoms with Crippen molar-refractivity contribution in [2.24, 2.45) is 17.8 Å². The second-order valence-electron chi connectivity index (χ2n) is 11.9. The van der Waals surface area contributed by atoms with Gasteiger partial charge in [0.2, 0.25) is 5.91 Å². The van der Waals surface area contributed by atoms with E-state index in [1.54, 1.807) is 35.4 Å². The standard InChI is InChI=1S/C19H16F3N3O3.C11H18N2O2/c20-16-6-12(3-4-14(16)11-2-1-5-23-8-11)25-10-13(28-18(25)27)9-24-17(26)15-7-19(15,21)22;1-8-6-13(7-9(8)5-12)10(14)15-11(2,3)4/h1-6,8,13,15H,7,9-10H2,(H,24,26);8-9H,6-7H2,1-4H3/t;8-,9?/m.1/s1. The molecule has 1 saturated carbocycles. The van der Waals surface area contributed by atoms with Crippen LogP contribution in [0.3, 0.4) is 0 Å². The molecule has 2 aromatic rings. The second kappa shape index (κ2) is 12.5. The number of amides is 3. The zero-order chi connectivity index (χ0) is 31.5. The van der Waals surface area contributed by atoms with Crippen molar-refractivity contribution in [3.8, 4) is 17.2 Å². The average molecular weight is 602 g/mol. The van der Waals surface area contributed by atoms with E-state index in [1.807, 2.05) is 27.7 Å². The minimum absolute atomic E-state index is 0.0579. The predicted octanol–water partition coefficient (Wildman–Crippen LogP) is 5.00. The third-order valence-corrected chi connectivity index (χ3v) is 7.19. The number of carbonyl (C=O) groups is 3. The summed E-state index contributed by atoms with van der Waals surface area (Å²) in [5.41, 5.74) is 0.787. The van der Waals surface area contributed by atoms with E-state index in [0.717, 1.165) is 0 Å². The summed E-state index contributed by atoms with van der Waals surface area (Å²) >= 11 is 0. The Labute approximate surface area is 247 Å². The van der Waals surface area contributed by atoms with Crippen molar-refractivity contribution >= 4 is 23.8 Å². The molecule has 1 aliphatic carbocycles. The van der Waals surface area contributed by atoms with E-state index in [-0.39, 0.29) is 31.0 Å². The first-order valence-electron chi connectivity index (χ1n) is 13.9. The lowest BCUT2D eigenvalue weighted by Gasteiger charge is -2.24. The van der Waals surface area contributed by atoms with E-state index in [9.17, 15) is 27.6 Å². The van der Waals surface area contributed by atoms with Gasteiger partial charge in [-0.3, -0.25) is 14.7 Å². The number of hydrogen-bond donors (Lipinski definition) is 1. The number of rotatable bonds is 5. The smallest absolute Gasteiger partial charge is 0.414 e. The Morgan fingerprint density at radius 2 is 1.95 bits per heavy atom. The first-order valence-corrected chi connectivity index (χ1v) is 13.9. The summed E-state index contributed by atoms with van der Waals surface area (Å²) in [5.74, 6) is -5.36. The molecule has 10 nitrogen and oxygen atoms in total. The van der Waals surface area contributed by atoms with Gasteiger partial charge in [-0.2, -0.15) is 5.26 Å². The van der Waals surface area contributed by atoms with Crippen LogP contribution in [0.25, 0.3) is 11.1 Å². The number of hydrogen-bond acceptors (Lipinski definition) is 7. The maximum atomic E-state index is 14.5. The fourth-order valence-corrected chi connectivity index (χ4v) is 4.71. The van der Waals surface area contributed by atoms with Crippen LogP contribution in [0.15, 0.2) is 42.7 Å². The Balaban J connectivity index is 0.000000239. The van der Waals surface area contributed by atoms with Gasteiger partial charge in [-0.05, 0) is 51.0 Å². The minimum Gasteiger partial charge on any atom is -0.444 e. The van der Waals surface area contributed by atoms with Crippen molar-refractivity contribution < 1.29 is 37.0 Å². The number of nitrogens with zero attached hydrogens (tertiary/aromatic N) is 4. The number of nitrogens with one attached hydrogen (secondary N) is 1. The number of pyridine rings is 1. The predicted molar refractivity (Wildman–Crippen MR) is 149 cm³/mol. The molecule has 5 rings (SSSR count). The maximum absolute atomic E-state index is 14.5. The molecule has 13 heteroatoms.